The van der Waals surface area contributed by atoms with Crippen LogP contribution in [0.1, 0.15) is 88.1 Å². The number of rotatable bonds is 6. The minimum Gasteiger partial charge on any atom is -0.465 e. The molecule has 1 N–H and O–H groups in total. The van der Waals surface area contributed by atoms with Gasteiger partial charge in [0.1, 0.15) is 0 Å². The second-order valence-corrected chi connectivity index (χ2v) is 10.8. The SMILES string of the molecule is CCOC(=O)C1(c2ccc(NCc3cc4c(cc3C)C(C)(C)CCC4(C)C)cc2)CC1. The lowest BCUT2D eigenvalue weighted by Gasteiger charge is -2.42. The maximum atomic E-state index is 12.3. The average molecular weight is 420 g/mol. The third kappa shape index (κ3) is 4.00. The summed E-state index contributed by atoms with van der Waals surface area (Å²) < 4.78 is 5.29. The number of ether oxygens (including phenoxy) is 1. The first-order valence-corrected chi connectivity index (χ1v) is 11.8. The van der Waals surface area contributed by atoms with Crippen LogP contribution >= 0.6 is 0 Å². The first-order valence-electron chi connectivity index (χ1n) is 11.8. The molecule has 2 aromatic rings. The Bertz CT molecular complexity index is 981. The van der Waals surface area contributed by atoms with E-state index in [2.05, 4.69) is 76.3 Å². The Morgan fingerprint density at radius 1 is 0.935 bits per heavy atom. The molecule has 1 saturated carbocycles. The van der Waals surface area contributed by atoms with E-state index in [4.69, 9.17) is 4.74 Å². The molecule has 1 fully saturated rings. The summed E-state index contributed by atoms with van der Waals surface area (Å²) in [6, 6.07) is 13.2. The number of benzene rings is 2. The van der Waals surface area contributed by atoms with Gasteiger partial charge < -0.3 is 10.1 Å². The summed E-state index contributed by atoms with van der Waals surface area (Å²) in [4.78, 5) is 12.3. The first kappa shape index (κ1) is 21.9. The Balaban J connectivity index is 1.51. The summed E-state index contributed by atoms with van der Waals surface area (Å²) in [5.74, 6) is -0.0778. The van der Waals surface area contributed by atoms with Crippen LogP contribution in [-0.2, 0) is 32.3 Å². The Labute approximate surface area is 187 Å². The highest BCUT2D eigenvalue weighted by Gasteiger charge is 2.52. The van der Waals surface area contributed by atoms with Gasteiger partial charge in [0, 0.05) is 12.2 Å². The lowest BCUT2D eigenvalue weighted by atomic mass is 9.62. The fourth-order valence-electron chi connectivity index (χ4n) is 5.07. The molecule has 0 radical (unpaired) electrons. The Hall–Kier alpha value is -2.29. The van der Waals surface area contributed by atoms with E-state index in [1.807, 2.05) is 6.92 Å². The van der Waals surface area contributed by atoms with E-state index in [0.29, 0.717) is 6.61 Å². The lowest BCUT2D eigenvalue weighted by Crippen LogP contribution is -2.34. The molecule has 0 atom stereocenters. The smallest absolute Gasteiger partial charge is 0.316 e. The zero-order valence-electron chi connectivity index (χ0n) is 20.0. The predicted octanol–water partition coefficient (Wildman–Crippen LogP) is 6.55. The van der Waals surface area contributed by atoms with Crippen LogP contribution in [0.25, 0.3) is 0 Å². The van der Waals surface area contributed by atoms with E-state index < -0.39 is 5.41 Å². The molecular formula is C28H37NO2. The molecule has 0 amide bonds. The van der Waals surface area contributed by atoms with Crippen molar-refractivity contribution in [2.24, 2.45) is 0 Å². The zero-order valence-corrected chi connectivity index (χ0v) is 20.0. The van der Waals surface area contributed by atoms with Gasteiger partial charge >= 0.3 is 5.97 Å². The van der Waals surface area contributed by atoms with Gasteiger partial charge in [0.2, 0.25) is 0 Å². The fraction of sp³-hybridized carbons (Fsp3) is 0.536. The number of anilines is 1. The third-order valence-corrected chi connectivity index (χ3v) is 7.65. The quantitative estimate of drug-likeness (QED) is 0.540. The van der Waals surface area contributed by atoms with E-state index in [1.165, 1.54) is 35.1 Å². The minimum absolute atomic E-state index is 0.0778. The summed E-state index contributed by atoms with van der Waals surface area (Å²) in [6.45, 7) is 14.9. The monoisotopic (exact) mass is 419 g/mol. The van der Waals surface area contributed by atoms with Crippen LogP contribution in [0.15, 0.2) is 36.4 Å². The number of carbonyl (C=O) groups excluding carboxylic acids is 1. The number of nitrogens with one attached hydrogen (secondary N) is 1. The Kier molecular flexibility index (Phi) is 5.44. The molecule has 0 aromatic heterocycles. The van der Waals surface area contributed by atoms with Crippen LogP contribution < -0.4 is 5.32 Å². The van der Waals surface area contributed by atoms with Crippen LogP contribution in [-0.4, -0.2) is 12.6 Å². The normalized spacial score (nSPS) is 19.9. The van der Waals surface area contributed by atoms with Crippen molar-refractivity contribution in [1.82, 2.24) is 0 Å². The lowest BCUT2D eigenvalue weighted by molar-refractivity contribution is -0.146. The van der Waals surface area contributed by atoms with E-state index >= 15 is 0 Å². The summed E-state index contributed by atoms with van der Waals surface area (Å²) >= 11 is 0. The van der Waals surface area contributed by atoms with Gasteiger partial charge in [-0.2, -0.15) is 0 Å². The molecule has 3 heteroatoms. The van der Waals surface area contributed by atoms with Crippen molar-refractivity contribution >= 4 is 11.7 Å². The van der Waals surface area contributed by atoms with Gasteiger partial charge in [-0.15, -0.1) is 0 Å². The molecule has 0 saturated heterocycles. The summed E-state index contributed by atoms with van der Waals surface area (Å²) in [5, 5.41) is 3.59. The van der Waals surface area contributed by atoms with Gasteiger partial charge in [0.05, 0.1) is 12.0 Å². The van der Waals surface area contributed by atoms with Crippen LogP contribution in [0, 0.1) is 6.92 Å². The number of fused-ring (bicyclic) bond motifs is 1. The number of esters is 1. The summed E-state index contributed by atoms with van der Waals surface area (Å²) in [6.07, 6.45) is 4.24. The molecule has 3 nitrogen and oxygen atoms in total. The second-order valence-electron chi connectivity index (χ2n) is 10.8. The predicted molar refractivity (Wildman–Crippen MR) is 128 cm³/mol. The fourth-order valence-corrected chi connectivity index (χ4v) is 5.07. The third-order valence-electron chi connectivity index (χ3n) is 7.65. The number of hydrogen-bond donors (Lipinski definition) is 1. The van der Waals surface area contributed by atoms with Crippen molar-refractivity contribution in [2.75, 3.05) is 11.9 Å². The average Bonchev–Trinajstić information content (AvgIpc) is 3.53. The van der Waals surface area contributed by atoms with Gasteiger partial charge in [-0.3, -0.25) is 4.79 Å². The van der Waals surface area contributed by atoms with Gasteiger partial charge in [-0.25, -0.2) is 0 Å². The first-order chi connectivity index (χ1) is 14.6. The van der Waals surface area contributed by atoms with Gasteiger partial charge in [-0.1, -0.05) is 52.0 Å². The molecule has 2 aromatic carbocycles. The van der Waals surface area contributed by atoms with Gasteiger partial charge in [-0.05, 0) is 90.3 Å². The van der Waals surface area contributed by atoms with Crippen molar-refractivity contribution in [3.05, 3.63) is 64.2 Å². The number of aryl methyl sites for hydroxylation is 1. The highest BCUT2D eigenvalue weighted by molar-refractivity contribution is 5.86. The summed E-state index contributed by atoms with van der Waals surface area (Å²) in [5.41, 5.74) is 7.96. The maximum absolute atomic E-state index is 12.3. The topological polar surface area (TPSA) is 38.3 Å². The standard InChI is InChI=1S/C28H37NO2/c1-7-31-25(30)28(14-15-28)21-8-10-22(11-9-21)29-18-20-17-24-23(16-19(20)2)26(3,4)12-13-27(24,5)6/h8-11,16-17,29H,7,12-15,18H2,1-6H3. The Morgan fingerprint density at radius 3 is 2.06 bits per heavy atom. The molecule has 0 unspecified atom stereocenters. The molecule has 0 aliphatic heterocycles. The molecule has 31 heavy (non-hydrogen) atoms. The van der Waals surface area contributed by atoms with Gasteiger partial charge in [0.15, 0.2) is 0 Å². The van der Waals surface area contributed by atoms with E-state index in [0.717, 1.165) is 30.6 Å². The molecule has 0 bridgehead atoms. The molecule has 0 spiro atoms. The molecule has 2 aliphatic rings. The van der Waals surface area contributed by atoms with Crippen LogP contribution in [0.4, 0.5) is 5.69 Å². The molecular weight excluding hydrogens is 382 g/mol. The number of carbonyl (C=O) groups is 1. The van der Waals surface area contributed by atoms with Crippen molar-refractivity contribution < 1.29 is 9.53 Å². The van der Waals surface area contributed by atoms with Crippen molar-refractivity contribution in [1.29, 1.82) is 0 Å². The van der Waals surface area contributed by atoms with Crippen LogP contribution in [0.3, 0.4) is 0 Å². The van der Waals surface area contributed by atoms with Crippen LogP contribution in [0.2, 0.25) is 0 Å². The molecule has 2 aliphatic carbocycles. The van der Waals surface area contributed by atoms with E-state index in [-0.39, 0.29) is 16.8 Å². The second kappa shape index (κ2) is 7.69. The maximum Gasteiger partial charge on any atom is 0.316 e. The van der Waals surface area contributed by atoms with Crippen LogP contribution in [0.5, 0.6) is 0 Å². The van der Waals surface area contributed by atoms with Crippen molar-refractivity contribution in [2.45, 2.75) is 90.0 Å². The molecule has 4 rings (SSSR count). The minimum atomic E-state index is -0.401. The van der Waals surface area contributed by atoms with Gasteiger partial charge in [0.25, 0.3) is 0 Å². The zero-order chi connectivity index (χ0) is 22.4. The Morgan fingerprint density at radius 2 is 1.52 bits per heavy atom. The van der Waals surface area contributed by atoms with E-state index in [9.17, 15) is 4.79 Å². The van der Waals surface area contributed by atoms with Crippen molar-refractivity contribution in [3.8, 4) is 0 Å². The highest BCUT2D eigenvalue weighted by atomic mass is 16.5. The largest absolute Gasteiger partial charge is 0.465 e. The van der Waals surface area contributed by atoms with Crippen molar-refractivity contribution in [3.63, 3.8) is 0 Å². The highest BCUT2D eigenvalue weighted by Crippen LogP contribution is 2.49. The van der Waals surface area contributed by atoms with E-state index in [1.54, 1.807) is 0 Å². The molecule has 166 valence electrons. The number of hydrogen-bond acceptors (Lipinski definition) is 3. The summed E-state index contributed by atoms with van der Waals surface area (Å²) in [7, 11) is 0. The molecule has 0 heterocycles.